The molecule has 1 aromatic heterocycles. The molecule has 3 aromatic rings. The van der Waals surface area contributed by atoms with Crippen molar-refractivity contribution in [1.29, 1.82) is 0 Å². The summed E-state index contributed by atoms with van der Waals surface area (Å²) in [4.78, 5) is 24.6. The van der Waals surface area contributed by atoms with Gasteiger partial charge in [0.1, 0.15) is 12.4 Å². The first-order chi connectivity index (χ1) is 11.6. The third kappa shape index (κ3) is 3.16. The van der Waals surface area contributed by atoms with E-state index in [0.29, 0.717) is 22.3 Å². The minimum Gasteiger partial charge on any atom is -0.375 e. The van der Waals surface area contributed by atoms with Crippen molar-refractivity contribution in [3.05, 3.63) is 59.5 Å². The topological polar surface area (TPSA) is 84.1 Å². The van der Waals surface area contributed by atoms with Crippen LogP contribution in [0.25, 0.3) is 10.9 Å². The van der Waals surface area contributed by atoms with Crippen LogP contribution in [0.2, 0.25) is 0 Å². The highest BCUT2D eigenvalue weighted by atomic mass is 19.1. The number of anilines is 1. The number of hydrogen-bond acceptors (Lipinski definition) is 4. The molecule has 0 radical (unpaired) electrons. The number of halogens is 1. The van der Waals surface area contributed by atoms with Crippen molar-refractivity contribution < 1.29 is 18.7 Å². The molecule has 1 heterocycles. The molecule has 0 aliphatic rings. The molecule has 0 aliphatic heterocycles. The fourth-order valence-corrected chi connectivity index (χ4v) is 2.36. The molecule has 0 saturated carbocycles. The van der Waals surface area contributed by atoms with Crippen molar-refractivity contribution in [1.82, 2.24) is 10.2 Å². The quantitative estimate of drug-likeness (QED) is 0.705. The number of carbonyl (C=O) groups is 2. The van der Waals surface area contributed by atoms with Gasteiger partial charge in [-0.05, 0) is 36.4 Å². The van der Waals surface area contributed by atoms with Gasteiger partial charge in [0.2, 0.25) is 5.91 Å². The molecular formula is C17H14FN3O3. The molecule has 7 heteroatoms. The standard InChI is InChI=1S/C17H14FN3O3/c1-24-9-16(22)20-15-7-14-11(8-19-21-14)6-13(15)17(23)10-2-4-12(18)5-3-10/h2-8H,9H2,1H3,(H,19,21)(H,20,22). The van der Waals surface area contributed by atoms with Gasteiger partial charge in [0.25, 0.3) is 0 Å². The van der Waals surface area contributed by atoms with Gasteiger partial charge in [-0.1, -0.05) is 0 Å². The third-order valence-corrected chi connectivity index (χ3v) is 3.48. The van der Waals surface area contributed by atoms with Crippen LogP contribution in [-0.2, 0) is 9.53 Å². The van der Waals surface area contributed by atoms with Crippen molar-refractivity contribution in [2.24, 2.45) is 0 Å². The van der Waals surface area contributed by atoms with Gasteiger partial charge < -0.3 is 10.1 Å². The summed E-state index contributed by atoms with van der Waals surface area (Å²) >= 11 is 0. The van der Waals surface area contributed by atoms with Gasteiger partial charge in [-0.25, -0.2) is 4.39 Å². The molecule has 0 aliphatic carbocycles. The molecule has 122 valence electrons. The number of benzene rings is 2. The Balaban J connectivity index is 2.04. The Morgan fingerprint density at radius 2 is 2.00 bits per heavy atom. The second kappa shape index (κ2) is 6.59. The number of aromatic nitrogens is 2. The molecule has 0 bridgehead atoms. The largest absolute Gasteiger partial charge is 0.375 e. The van der Waals surface area contributed by atoms with E-state index in [2.05, 4.69) is 15.5 Å². The van der Waals surface area contributed by atoms with Crippen LogP contribution in [0.1, 0.15) is 15.9 Å². The van der Waals surface area contributed by atoms with E-state index in [-0.39, 0.29) is 18.3 Å². The number of ether oxygens (including phenoxy) is 1. The zero-order valence-corrected chi connectivity index (χ0v) is 12.8. The molecule has 24 heavy (non-hydrogen) atoms. The van der Waals surface area contributed by atoms with E-state index in [4.69, 9.17) is 4.74 Å². The van der Waals surface area contributed by atoms with Crippen molar-refractivity contribution in [3.8, 4) is 0 Å². The molecular weight excluding hydrogens is 313 g/mol. The Morgan fingerprint density at radius 3 is 2.71 bits per heavy atom. The lowest BCUT2D eigenvalue weighted by Crippen LogP contribution is -2.19. The normalized spacial score (nSPS) is 10.8. The molecule has 2 aromatic carbocycles. The maximum atomic E-state index is 13.1. The van der Waals surface area contributed by atoms with E-state index in [1.165, 1.54) is 31.4 Å². The number of rotatable bonds is 5. The number of ketones is 1. The Hall–Kier alpha value is -3.06. The number of methoxy groups -OCH3 is 1. The summed E-state index contributed by atoms with van der Waals surface area (Å²) in [6.45, 7) is -0.134. The van der Waals surface area contributed by atoms with Gasteiger partial charge in [-0.3, -0.25) is 14.7 Å². The Kier molecular flexibility index (Phi) is 4.35. The molecule has 0 saturated heterocycles. The van der Waals surface area contributed by atoms with Crippen LogP contribution in [0.15, 0.2) is 42.6 Å². The maximum absolute atomic E-state index is 13.1. The zero-order chi connectivity index (χ0) is 17.1. The van der Waals surface area contributed by atoms with Crippen molar-refractivity contribution in [2.75, 3.05) is 19.0 Å². The van der Waals surface area contributed by atoms with Crippen LogP contribution in [0, 0.1) is 5.82 Å². The molecule has 0 spiro atoms. The molecule has 6 nitrogen and oxygen atoms in total. The summed E-state index contributed by atoms with van der Waals surface area (Å²) < 4.78 is 17.8. The number of H-pyrrole nitrogens is 1. The van der Waals surface area contributed by atoms with Crippen LogP contribution in [-0.4, -0.2) is 35.6 Å². The first-order valence-electron chi connectivity index (χ1n) is 7.14. The highest BCUT2D eigenvalue weighted by Crippen LogP contribution is 2.25. The van der Waals surface area contributed by atoms with E-state index < -0.39 is 5.82 Å². The van der Waals surface area contributed by atoms with E-state index >= 15 is 0 Å². The lowest BCUT2D eigenvalue weighted by Gasteiger charge is -2.11. The summed E-state index contributed by atoms with van der Waals surface area (Å²) in [5.74, 6) is -1.14. The summed E-state index contributed by atoms with van der Waals surface area (Å²) in [5.41, 5.74) is 1.63. The minimum absolute atomic E-state index is 0.134. The van der Waals surface area contributed by atoms with Gasteiger partial charge in [0.15, 0.2) is 5.78 Å². The van der Waals surface area contributed by atoms with E-state index in [1.807, 2.05) is 0 Å². The zero-order valence-electron chi connectivity index (χ0n) is 12.8. The first kappa shape index (κ1) is 15.8. The van der Waals surface area contributed by atoms with Gasteiger partial charge >= 0.3 is 0 Å². The van der Waals surface area contributed by atoms with Crippen LogP contribution < -0.4 is 5.32 Å². The van der Waals surface area contributed by atoms with Crippen LogP contribution >= 0.6 is 0 Å². The number of amides is 1. The third-order valence-electron chi connectivity index (χ3n) is 3.48. The minimum atomic E-state index is -0.426. The average molecular weight is 327 g/mol. The molecule has 0 fully saturated rings. The summed E-state index contributed by atoms with van der Waals surface area (Å²) in [7, 11) is 1.41. The highest BCUT2D eigenvalue weighted by Gasteiger charge is 2.17. The Morgan fingerprint density at radius 1 is 1.25 bits per heavy atom. The van der Waals surface area contributed by atoms with Crippen LogP contribution in [0.5, 0.6) is 0 Å². The van der Waals surface area contributed by atoms with E-state index in [9.17, 15) is 14.0 Å². The van der Waals surface area contributed by atoms with Gasteiger partial charge in [-0.2, -0.15) is 5.10 Å². The van der Waals surface area contributed by atoms with Crippen LogP contribution in [0.4, 0.5) is 10.1 Å². The second-order valence-electron chi connectivity index (χ2n) is 5.17. The summed E-state index contributed by atoms with van der Waals surface area (Å²) in [5, 5.41) is 10.1. The SMILES string of the molecule is COCC(=O)Nc1cc2[nH]ncc2cc1C(=O)c1ccc(F)cc1. The fraction of sp³-hybridized carbons (Fsp3) is 0.118. The summed E-state index contributed by atoms with van der Waals surface area (Å²) in [6.07, 6.45) is 1.58. The van der Waals surface area contributed by atoms with Crippen molar-refractivity contribution in [2.45, 2.75) is 0 Å². The lowest BCUT2D eigenvalue weighted by molar-refractivity contribution is -0.119. The maximum Gasteiger partial charge on any atom is 0.250 e. The highest BCUT2D eigenvalue weighted by molar-refractivity contribution is 6.15. The number of nitrogens with one attached hydrogen (secondary N) is 2. The summed E-state index contributed by atoms with van der Waals surface area (Å²) in [6, 6.07) is 8.50. The predicted molar refractivity (Wildman–Crippen MR) is 86.4 cm³/mol. The number of carbonyl (C=O) groups excluding carboxylic acids is 2. The number of fused-ring (bicyclic) bond motifs is 1. The molecule has 3 rings (SSSR count). The van der Waals surface area contributed by atoms with E-state index in [1.54, 1.807) is 18.3 Å². The number of aromatic amines is 1. The van der Waals surface area contributed by atoms with Gasteiger partial charge in [0.05, 0.1) is 17.4 Å². The number of hydrogen-bond donors (Lipinski definition) is 2. The second-order valence-corrected chi connectivity index (χ2v) is 5.17. The monoisotopic (exact) mass is 327 g/mol. The molecule has 2 N–H and O–H groups in total. The first-order valence-corrected chi connectivity index (χ1v) is 7.14. The smallest absolute Gasteiger partial charge is 0.250 e. The lowest BCUT2D eigenvalue weighted by atomic mass is 10.00. The molecule has 1 amide bonds. The average Bonchev–Trinajstić information content (AvgIpc) is 3.01. The van der Waals surface area contributed by atoms with Crippen molar-refractivity contribution in [3.63, 3.8) is 0 Å². The number of nitrogens with zero attached hydrogens (tertiary/aromatic N) is 1. The predicted octanol–water partition coefficient (Wildman–Crippen LogP) is 2.52. The Labute approximate surface area is 136 Å². The van der Waals surface area contributed by atoms with Gasteiger partial charge in [0, 0.05) is 23.6 Å². The molecule has 0 unspecified atom stereocenters. The fourth-order valence-electron chi connectivity index (χ4n) is 2.36. The van der Waals surface area contributed by atoms with E-state index in [0.717, 1.165) is 5.39 Å². The van der Waals surface area contributed by atoms with Gasteiger partial charge in [-0.15, -0.1) is 0 Å². The van der Waals surface area contributed by atoms with Crippen LogP contribution in [0.3, 0.4) is 0 Å². The Bertz CT molecular complexity index is 903. The van der Waals surface area contributed by atoms with Crippen molar-refractivity contribution >= 4 is 28.3 Å². The molecule has 0 atom stereocenters.